The van der Waals surface area contributed by atoms with Crippen LogP contribution in [0.3, 0.4) is 0 Å². The van der Waals surface area contributed by atoms with Crippen LogP contribution in [0.4, 0.5) is 0 Å². The van der Waals surface area contributed by atoms with Crippen molar-refractivity contribution in [3.63, 3.8) is 0 Å². The number of hydrogen-bond acceptors (Lipinski definition) is 1. The van der Waals surface area contributed by atoms with Gasteiger partial charge in [0, 0.05) is 13.2 Å². The lowest BCUT2D eigenvalue weighted by atomic mass is 9.34. The van der Waals surface area contributed by atoms with Gasteiger partial charge in [0.1, 0.15) is 0 Å². The Kier molecular flexibility index (Phi) is 6.22. The molecule has 0 aliphatic heterocycles. The van der Waals surface area contributed by atoms with Gasteiger partial charge < -0.3 is 4.90 Å². The first kappa shape index (κ1) is 21.0. The van der Waals surface area contributed by atoms with Crippen molar-refractivity contribution in [1.29, 1.82) is 0 Å². The minimum atomic E-state index is 0.727. The van der Waals surface area contributed by atoms with Crippen LogP contribution in [0.1, 0.15) is 59.3 Å². The quantitative estimate of drug-likeness (QED) is 0.298. The van der Waals surface area contributed by atoms with E-state index in [2.05, 4.69) is 58.9 Å². The van der Waals surface area contributed by atoms with E-state index in [9.17, 15) is 0 Å². The maximum atomic E-state index is 4.49. The molecule has 3 aliphatic carbocycles. The number of nitrogens with zero attached hydrogens (tertiary/aromatic N) is 1. The Balaban J connectivity index is 1.63. The molecule has 3 saturated carbocycles. The zero-order chi connectivity index (χ0) is 20.5. The zero-order valence-electron chi connectivity index (χ0n) is 18.5. The van der Waals surface area contributed by atoms with Crippen molar-refractivity contribution in [1.82, 2.24) is 4.90 Å². The first-order valence-electron chi connectivity index (χ1n) is 11.0. The topological polar surface area (TPSA) is 3.24 Å². The van der Waals surface area contributed by atoms with E-state index < -0.39 is 0 Å². The molecule has 1 nitrogen and oxygen atoms in total. The second kappa shape index (κ2) is 8.31. The molecule has 3 fully saturated rings. The van der Waals surface area contributed by atoms with Crippen molar-refractivity contribution in [2.45, 2.75) is 59.3 Å². The highest BCUT2D eigenvalue weighted by molar-refractivity contribution is 5.47. The summed E-state index contributed by atoms with van der Waals surface area (Å²) >= 11 is 0. The van der Waals surface area contributed by atoms with Crippen LogP contribution in [0, 0.1) is 29.1 Å². The summed E-state index contributed by atoms with van der Waals surface area (Å²) in [6.45, 7) is 19.1. The average molecular weight is 378 g/mol. The van der Waals surface area contributed by atoms with E-state index in [4.69, 9.17) is 0 Å². The maximum Gasteiger partial charge on any atom is 0.0106 e. The van der Waals surface area contributed by atoms with Crippen LogP contribution in [0.25, 0.3) is 0 Å². The summed E-state index contributed by atoms with van der Waals surface area (Å²) in [5.41, 5.74) is 5.92. The molecule has 0 radical (unpaired) electrons. The van der Waals surface area contributed by atoms with Crippen molar-refractivity contribution in [3.05, 3.63) is 72.7 Å². The van der Waals surface area contributed by atoms with Crippen molar-refractivity contribution >= 4 is 0 Å². The van der Waals surface area contributed by atoms with Gasteiger partial charge >= 0.3 is 0 Å². The van der Waals surface area contributed by atoms with E-state index >= 15 is 0 Å². The molecule has 3 rings (SSSR count). The predicted octanol–water partition coefficient (Wildman–Crippen LogP) is 7.43. The Hall–Kier alpha value is -1.76. The molecule has 0 aromatic carbocycles. The molecule has 0 N–H and O–H groups in total. The molecular formula is C27H39N. The van der Waals surface area contributed by atoms with Crippen LogP contribution in [-0.4, -0.2) is 11.9 Å². The van der Waals surface area contributed by atoms with Gasteiger partial charge in [-0.05, 0) is 110 Å². The summed E-state index contributed by atoms with van der Waals surface area (Å²) in [5.74, 6) is 3.92. The third-order valence-electron chi connectivity index (χ3n) is 8.22. The fourth-order valence-electron chi connectivity index (χ4n) is 6.20. The summed E-state index contributed by atoms with van der Waals surface area (Å²) in [6.07, 6.45) is 18.3. The molecule has 28 heavy (non-hydrogen) atoms. The van der Waals surface area contributed by atoms with Gasteiger partial charge in [-0.25, -0.2) is 0 Å². The Morgan fingerprint density at radius 1 is 1.11 bits per heavy atom. The van der Waals surface area contributed by atoms with E-state index in [0.29, 0.717) is 0 Å². The second-order valence-electron chi connectivity index (χ2n) is 9.68. The monoisotopic (exact) mass is 377 g/mol. The van der Waals surface area contributed by atoms with Crippen LogP contribution in [0.15, 0.2) is 72.7 Å². The highest BCUT2D eigenvalue weighted by Gasteiger charge is 2.65. The van der Waals surface area contributed by atoms with Crippen molar-refractivity contribution in [2.75, 3.05) is 7.05 Å². The molecule has 0 bridgehead atoms. The number of rotatable bonds is 9. The fourth-order valence-corrected chi connectivity index (χ4v) is 6.20. The summed E-state index contributed by atoms with van der Waals surface area (Å²) in [7, 11) is 2.00. The van der Waals surface area contributed by atoms with E-state index in [1.165, 1.54) is 54.4 Å². The highest BCUT2D eigenvalue weighted by Crippen LogP contribution is 2.73. The van der Waals surface area contributed by atoms with Crippen LogP contribution >= 0.6 is 0 Å². The normalized spacial score (nSPS) is 34.6. The third-order valence-corrected chi connectivity index (χ3v) is 8.22. The van der Waals surface area contributed by atoms with Gasteiger partial charge in [0.2, 0.25) is 0 Å². The third kappa shape index (κ3) is 3.73. The zero-order valence-corrected chi connectivity index (χ0v) is 18.5. The molecule has 0 amide bonds. The second-order valence-corrected chi connectivity index (χ2v) is 9.68. The molecular weight excluding hydrogens is 338 g/mol. The van der Waals surface area contributed by atoms with Gasteiger partial charge in [-0.3, -0.25) is 0 Å². The first-order chi connectivity index (χ1) is 13.3. The minimum absolute atomic E-state index is 0.727. The number of hydrogen-bond donors (Lipinski definition) is 0. The molecule has 3 aliphatic rings. The molecule has 0 spiro atoms. The molecule has 2 atom stereocenters. The van der Waals surface area contributed by atoms with Crippen LogP contribution in [-0.2, 0) is 0 Å². The van der Waals surface area contributed by atoms with Crippen LogP contribution < -0.4 is 0 Å². The van der Waals surface area contributed by atoms with Gasteiger partial charge in [-0.2, -0.15) is 0 Å². The summed E-state index contributed by atoms with van der Waals surface area (Å²) in [5, 5.41) is 0. The standard InChI is InChI=1S/C27H39N/c1-8-20(5)26(11-12-28(7)10-3)22(9-2)14-19(4)13-21-15-23-17-25-18-24(16-21)27(23,25)6/h8-12,21,23-25H,1,3-4,13-18H2,2,5-7H3/b12-11-,22-9-,26-20+. The highest BCUT2D eigenvalue weighted by atomic mass is 15.0. The molecule has 0 heterocycles. The SMILES string of the molecule is C=C/C(C)=C(\C=C/N(C)C=C)C(=C\C)/CC(=C)CC1CC2CC3CC(C1)C23C. The van der Waals surface area contributed by atoms with E-state index in [1.807, 2.05) is 24.2 Å². The summed E-state index contributed by atoms with van der Waals surface area (Å²) < 4.78 is 0. The van der Waals surface area contributed by atoms with Crippen LogP contribution in [0.2, 0.25) is 0 Å². The lowest BCUT2D eigenvalue weighted by Gasteiger charge is -2.71. The van der Waals surface area contributed by atoms with Gasteiger partial charge in [-0.15, -0.1) is 0 Å². The minimum Gasteiger partial charge on any atom is -0.358 e. The maximum absolute atomic E-state index is 4.49. The van der Waals surface area contributed by atoms with E-state index in [-0.39, 0.29) is 0 Å². The Morgan fingerprint density at radius 3 is 2.21 bits per heavy atom. The first-order valence-corrected chi connectivity index (χ1v) is 11.0. The molecule has 0 aromatic rings. The van der Waals surface area contributed by atoms with Crippen LogP contribution in [0.5, 0.6) is 0 Å². The van der Waals surface area contributed by atoms with Gasteiger partial charge in [-0.1, -0.05) is 44.4 Å². The molecule has 1 heteroatoms. The van der Waals surface area contributed by atoms with Gasteiger partial charge in [0.05, 0.1) is 0 Å². The molecule has 0 saturated heterocycles. The van der Waals surface area contributed by atoms with Gasteiger partial charge in [0.15, 0.2) is 0 Å². The Bertz CT molecular complexity index is 715. The van der Waals surface area contributed by atoms with E-state index in [1.54, 1.807) is 0 Å². The van der Waals surface area contributed by atoms with Crippen molar-refractivity contribution in [3.8, 4) is 0 Å². The van der Waals surface area contributed by atoms with E-state index in [0.717, 1.165) is 35.5 Å². The fraction of sp³-hybridized carbons (Fsp3) is 0.556. The molecule has 2 unspecified atom stereocenters. The molecule has 152 valence electrons. The summed E-state index contributed by atoms with van der Waals surface area (Å²) in [4.78, 5) is 1.97. The smallest absolute Gasteiger partial charge is 0.0106 e. The number of allylic oxidation sites excluding steroid dienone is 7. The lowest BCUT2D eigenvalue weighted by Crippen LogP contribution is -2.63. The Morgan fingerprint density at radius 2 is 1.71 bits per heavy atom. The largest absolute Gasteiger partial charge is 0.358 e. The lowest BCUT2D eigenvalue weighted by molar-refractivity contribution is -0.221. The average Bonchev–Trinajstić information content (AvgIpc) is 2.67. The molecule has 0 aromatic heterocycles. The van der Waals surface area contributed by atoms with Crippen molar-refractivity contribution in [2.24, 2.45) is 29.1 Å². The van der Waals surface area contributed by atoms with Crippen molar-refractivity contribution < 1.29 is 0 Å². The summed E-state index contributed by atoms with van der Waals surface area (Å²) in [6, 6.07) is 0. The Labute approximate surface area is 173 Å². The van der Waals surface area contributed by atoms with Gasteiger partial charge in [0.25, 0.3) is 0 Å². The predicted molar refractivity (Wildman–Crippen MR) is 123 cm³/mol.